The number of carbonyl (C=O) groups is 1. The standard InChI is InChI=1S/C19H23N3O3/c1-24-17-8-5-11-22(14-17)19(23)21-13-15-9-10-18(20-12-15)25-16-6-3-2-4-7-16/h2-4,6-7,9-10,12,17H,5,8,11,13-14H2,1H3,(H,21,23). The van der Waals surface area contributed by atoms with Gasteiger partial charge in [0.05, 0.1) is 6.10 Å². The molecule has 6 nitrogen and oxygen atoms in total. The van der Waals surface area contributed by atoms with Gasteiger partial charge in [-0.3, -0.25) is 0 Å². The Kier molecular flexibility index (Phi) is 5.85. The topological polar surface area (TPSA) is 63.7 Å². The zero-order valence-electron chi connectivity index (χ0n) is 14.4. The van der Waals surface area contributed by atoms with E-state index in [1.807, 2.05) is 36.4 Å². The van der Waals surface area contributed by atoms with Crippen molar-refractivity contribution in [1.82, 2.24) is 15.2 Å². The summed E-state index contributed by atoms with van der Waals surface area (Å²) >= 11 is 0. The highest BCUT2D eigenvalue weighted by Crippen LogP contribution is 2.18. The van der Waals surface area contributed by atoms with Crippen LogP contribution in [0.5, 0.6) is 11.6 Å². The molecule has 132 valence electrons. The van der Waals surface area contributed by atoms with E-state index in [1.165, 1.54) is 0 Å². The lowest BCUT2D eigenvalue weighted by atomic mass is 10.1. The molecular formula is C19H23N3O3. The molecule has 0 spiro atoms. The zero-order chi connectivity index (χ0) is 17.5. The van der Waals surface area contributed by atoms with Crippen LogP contribution < -0.4 is 10.1 Å². The third kappa shape index (κ3) is 4.93. The summed E-state index contributed by atoms with van der Waals surface area (Å²) in [6, 6.07) is 13.1. The lowest BCUT2D eigenvalue weighted by molar-refractivity contribution is 0.0434. The fraction of sp³-hybridized carbons (Fsp3) is 0.368. The molecule has 0 radical (unpaired) electrons. The largest absolute Gasteiger partial charge is 0.439 e. The van der Waals surface area contributed by atoms with Gasteiger partial charge in [0.2, 0.25) is 5.88 Å². The number of carbonyl (C=O) groups excluding carboxylic acids is 1. The first-order valence-corrected chi connectivity index (χ1v) is 8.48. The molecule has 1 aromatic carbocycles. The van der Waals surface area contributed by atoms with E-state index >= 15 is 0 Å². The normalized spacial score (nSPS) is 17.2. The van der Waals surface area contributed by atoms with Crippen molar-refractivity contribution < 1.29 is 14.3 Å². The van der Waals surface area contributed by atoms with E-state index in [4.69, 9.17) is 9.47 Å². The van der Waals surface area contributed by atoms with Gasteiger partial charge in [0.25, 0.3) is 0 Å². The lowest BCUT2D eigenvalue weighted by Crippen LogP contribution is -2.47. The van der Waals surface area contributed by atoms with Crippen LogP contribution in [-0.2, 0) is 11.3 Å². The van der Waals surface area contributed by atoms with Crippen molar-refractivity contribution in [3.05, 3.63) is 54.2 Å². The lowest BCUT2D eigenvalue weighted by Gasteiger charge is -2.31. The Hall–Kier alpha value is -2.60. The minimum absolute atomic E-state index is 0.0636. The number of hydrogen-bond acceptors (Lipinski definition) is 4. The molecule has 0 saturated carbocycles. The maximum absolute atomic E-state index is 12.3. The Morgan fingerprint density at radius 3 is 2.84 bits per heavy atom. The van der Waals surface area contributed by atoms with Crippen molar-refractivity contribution in [2.75, 3.05) is 20.2 Å². The summed E-state index contributed by atoms with van der Waals surface area (Å²) in [5.74, 6) is 1.27. The van der Waals surface area contributed by atoms with Crippen LogP contribution in [0.4, 0.5) is 4.79 Å². The number of nitrogens with zero attached hydrogens (tertiary/aromatic N) is 2. The molecule has 1 saturated heterocycles. The van der Waals surface area contributed by atoms with Crippen LogP contribution in [0.1, 0.15) is 18.4 Å². The van der Waals surface area contributed by atoms with Gasteiger partial charge in [-0.2, -0.15) is 0 Å². The molecule has 2 aromatic rings. The maximum atomic E-state index is 12.3. The summed E-state index contributed by atoms with van der Waals surface area (Å²) in [4.78, 5) is 18.3. The van der Waals surface area contributed by atoms with E-state index in [0.29, 0.717) is 19.0 Å². The molecule has 1 fully saturated rings. The van der Waals surface area contributed by atoms with Crippen LogP contribution in [0.3, 0.4) is 0 Å². The van der Waals surface area contributed by atoms with Gasteiger partial charge in [-0.05, 0) is 30.5 Å². The molecule has 0 bridgehead atoms. The van der Waals surface area contributed by atoms with E-state index < -0.39 is 0 Å². The predicted molar refractivity (Wildman–Crippen MR) is 94.6 cm³/mol. The summed E-state index contributed by atoms with van der Waals surface area (Å²) in [7, 11) is 1.69. The Balaban J connectivity index is 1.49. The molecular weight excluding hydrogens is 318 g/mol. The van der Waals surface area contributed by atoms with Crippen LogP contribution >= 0.6 is 0 Å². The summed E-state index contributed by atoms with van der Waals surface area (Å²) in [5.41, 5.74) is 0.925. The number of methoxy groups -OCH3 is 1. The van der Waals surface area contributed by atoms with Crippen molar-refractivity contribution in [3.63, 3.8) is 0 Å². The van der Waals surface area contributed by atoms with E-state index in [1.54, 1.807) is 24.3 Å². The predicted octanol–water partition coefficient (Wildman–Crippen LogP) is 3.19. The summed E-state index contributed by atoms with van der Waals surface area (Å²) < 4.78 is 11.0. The number of rotatable bonds is 5. The van der Waals surface area contributed by atoms with Crippen LogP contribution in [0, 0.1) is 0 Å². The number of nitrogens with one attached hydrogen (secondary N) is 1. The Labute approximate surface area is 147 Å². The van der Waals surface area contributed by atoms with Gasteiger partial charge >= 0.3 is 6.03 Å². The molecule has 1 aliphatic rings. The average Bonchev–Trinajstić information content (AvgIpc) is 2.68. The summed E-state index contributed by atoms with van der Waals surface area (Å²) in [6.45, 7) is 1.85. The van der Waals surface area contributed by atoms with Gasteiger partial charge in [-0.15, -0.1) is 0 Å². The molecule has 6 heteroatoms. The number of likely N-dealkylation sites (tertiary alicyclic amines) is 1. The van der Waals surface area contributed by atoms with Gasteiger partial charge < -0.3 is 19.7 Å². The van der Waals surface area contributed by atoms with Gasteiger partial charge in [0.15, 0.2) is 0 Å². The van der Waals surface area contributed by atoms with Gasteiger partial charge in [-0.25, -0.2) is 9.78 Å². The SMILES string of the molecule is COC1CCCN(C(=O)NCc2ccc(Oc3ccccc3)nc2)C1. The molecule has 2 heterocycles. The van der Waals surface area contributed by atoms with Crippen molar-refractivity contribution in [1.29, 1.82) is 0 Å². The number of para-hydroxylation sites is 1. The number of benzene rings is 1. The van der Waals surface area contributed by atoms with Crippen molar-refractivity contribution in [3.8, 4) is 11.6 Å². The first-order chi connectivity index (χ1) is 12.2. The van der Waals surface area contributed by atoms with Crippen LogP contribution in [0.25, 0.3) is 0 Å². The number of piperidine rings is 1. The Morgan fingerprint density at radius 2 is 2.12 bits per heavy atom. The van der Waals surface area contributed by atoms with E-state index in [0.717, 1.165) is 30.7 Å². The second-order valence-corrected chi connectivity index (χ2v) is 6.02. The van der Waals surface area contributed by atoms with E-state index in [9.17, 15) is 4.79 Å². The van der Waals surface area contributed by atoms with Crippen LogP contribution in [-0.4, -0.2) is 42.2 Å². The van der Waals surface area contributed by atoms with E-state index in [-0.39, 0.29) is 12.1 Å². The minimum Gasteiger partial charge on any atom is -0.439 e. The highest BCUT2D eigenvalue weighted by Gasteiger charge is 2.23. The number of hydrogen-bond donors (Lipinski definition) is 1. The van der Waals surface area contributed by atoms with Gasteiger partial charge in [0.1, 0.15) is 5.75 Å². The average molecular weight is 341 g/mol. The number of aromatic nitrogens is 1. The highest BCUT2D eigenvalue weighted by molar-refractivity contribution is 5.74. The first-order valence-electron chi connectivity index (χ1n) is 8.48. The number of urea groups is 1. The molecule has 2 amide bonds. The molecule has 25 heavy (non-hydrogen) atoms. The number of ether oxygens (including phenoxy) is 2. The summed E-state index contributed by atoms with van der Waals surface area (Å²) in [5, 5.41) is 2.93. The molecule has 3 rings (SSSR count). The third-order valence-electron chi connectivity index (χ3n) is 4.21. The highest BCUT2D eigenvalue weighted by atomic mass is 16.5. The first kappa shape index (κ1) is 17.2. The number of pyridine rings is 1. The smallest absolute Gasteiger partial charge is 0.317 e. The number of amides is 2. The molecule has 0 aliphatic carbocycles. The second kappa shape index (κ2) is 8.48. The van der Waals surface area contributed by atoms with Crippen LogP contribution in [0.2, 0.25) is 0 Å². The second-order valence-electron chi connectivity index (χ2n) is 6.02. The fourth-order valence-electron chi connectivity index (χ4n) is 2.79. The Bertz CT molecular complexity index is 676. The fourth-order valence-corrected chi connectivity index (χ4v) is 2.79. The summed E-state index contributed by atoms with van der Waals surface area (Å²) in [6.07, 6.45) is 3.83. The molecule has 1 unspecified atom stereocenters. The molecule has 1 aromatic heterocycles. The maximum Gasteiger partial charge on any atom is 0.317 e. The van der Waals surface area contributed by atoms with Crippen LogP contribution in [0.15, 0.2) is 48.7 Å². The molecule has 1 aliphatic heterocycles. The third-order valence-corrected chi connectivity index (χ3v) is 4.21. The monoisotopic (exact) mass is 341 g/mol. The van der Waals surface area contributed by atoms with Gasteiger partial charge in [0, 0.05) is 39.0 Å². The van der Waals surface area contributed by atoms with Gasteiger partial charge in [-0.1, -0.05) is 24.3 Å². The van der Waals surface area contributed by atoms with Crippen molar-refractivity contribution in [2.24, 2.45) is 0 Å². The molecule has 1 N–H and O–H groups in total. The van der Waals surface area contributed by atoms with Crippen molar-refractivity contribution in [2.45, 2.75) is 25.5 Å². The van der Waals surface area contributed by atoms with Crippen molar-refractivity contribution >= 4 is 6.03 Å². The zero-order valence-corrected chi connectivity index (χ0v) is 14.4. The van der Waals surface area contributed by atoms with E-state index in [2.05, 4.69) is 10.3 Å². The quantitative estimate of drug-likeness (QED) is 0.907. The molecule has 1 atom stereocenters. The Morgan fingerprint density at radius 1 is 1.28 bits per heavy atom. The minimum atomic E-state index is -0.0636.